The molecule has 0 saturated heterocycles. The quantitative estimate of drug-likeness (QED) is 0.572. The molecule has 5 heteroatoms. The standard InChI is InChI=1S/C20H19NO4/c1-22-19-8-5-9-20(21-19)24-15-14-23-16-10-12-18(13-11-16)25-17-6-3-2-4-7-17/h2-13H,14-15H2,1H3. The van der Waals surface area contributed by atoms with Crippen molar-refractivity contribution >= 4 is 0 Å². The molecule has 1 aromatic heterocycles. The summed E-state index contributed by atoms with van der Waals surface area (Å²) in [5.74, 6) is 3.34. The number of methoxy groups -OCH3 is 1. The lowest BCUT2D eigenvalue weighted by molar-refractivity contribution is 0.210. The van der Waals surface area contributed by atoms with Crippen LogP contribution in [0.1, 0.15) is 0 Å². The molecule has 0 bridgehead atoms. The van der Waals surface area contributed by atoms with Gasteiger partial charge in [0.2, 0.25) is 11.8 Å². The number of para-hydroxylation sites is 1. The second kappa shape index (κ2) is 8.59. The summed E-state index contributed by atoms with van der Waals surface area (Å²) in [4.78, 5) is 4.17. The summed E-state index contributed by atoms with van der Waals surface area (Å²) in [5, 5.41) is 0. The van der Waals surface area contributed by atoms with Crippen molar-refractivity contribution in [2.24, 2.45) is 0 Å². The summed E-state index contributed by atoms with van der Waals surface area (Å²) in [7, 11) is 1.57. The second-order valence-corrected chi connectivity index (χ2v) is 5.10. The minimum absolute atomic E-state index is 0.391. The summed E-state index contributed by atoms with van der Waals surface area (Å²) in [6, 6.07) is 22.5. The molecule has 3 rings (SSSR count). The van der Waals surface area contributed by atoms with Crippen LogP contribution in [0.4, 0.5) is 0 Å². The van der Waals surface area contributed by atoms with Crippen LogP contribution in [0.25, 0.3) is 0 Å². The first kappa shape index (κ1) is 16.6. The second-order valence-electron chi connectivity index (χ2n) is 5.10. The zero-order valence-electron chi connectivity index (χ0n) is 13.9. The Bertz CT molecular complexity index is 775. The van der Waals surface area contributed by atoms with Crippen molar-refractivity contribution in [2.75, 3.05) is 20.3 Å². The summed E-state index contributed by atoms with van der Waals surface area (Å²) in [5.41, 5.74) is 0. The molecule has 0 spiro atoms. The number of hydrogen-bond donors (Lipinski definition) is 0. The van der Waals surface area contributed by atoms with Crippen LogP contribution in [-0.4, -0.2) is 25.3 Å². The lowest BCUT2D eigenvalue weighted by Crippen LogP contribution is -2.09. The zero-order valence-corrected chi connectivity index (χ0v) is 13.9. The average Bonchev–Trinajstić information content (AvgIpc) is 2.67. The Morgan fingerprint density at radius 1 is 0.640 bits per heavy atom. The third-order valence-corrected chi connectivity index (χ3v) is 3.31. The van der Waals surface area contributed by atoms with Crippen LogP contribution < -0.4 is 18.9 Å². The molecule has 0 aliphatic carbocycles. The lowest BCUT2D eigenvalue weighted by atomic mass is 10.3. The fraction of sp³-hybridized carbons (Fsp3) is 0.150. The van der Waals surface area contributed by atoms with Gasteiger partial charge in [0.25, 0.3) is 0 Å². The van der Waals surface area contributed by atoms with Crippen molar-refractivity contribution in [2.45, 2.75) is 0 Å². The Labute approximate surface area is 146 Å². The van der Waals surface area contributed by atoms with Gasteiger partial charge in [0.15, 0.2) is 0 Å². The fourth-order valence-electron chi connectivity index (χ4n) is 2.12. The van der Waals surface area contributed by atoms with E-state index >= 15 is 0 Å². The Kier molecular flexibility index (Phi) is 5.72. The van der Waals surface area contributed by atoms with E-state index in [4.69, 9.17) is 18.9 Å². The van der Waals surface area contributed by atoms with E-state index in [0.717, 1.165) is 17.2 Å². The first-order chi connectivity index (χ1) is 12.3. The van der Waals surface area contributed by atoms with E-state index in [2.05, 4.69) is 4.98 Å². The van der Waals surface area contributed by atoms with Crippen LogP contribution in [0.5, 0.6) is 29.0 Å². The molecule has 0 fully saturated rings. The highest BCUT2D eigenvalue weighted by molar-refractivity contribution is 5.35. The van der Waals surface area contributed by atoms with Crippen LogP contribution in [0, 0.1) is 0 Å². The van der Waals surface area contributed by atoms with Gasteiger partial charge in [-0.1, -0.05) is 24.3 Å². The largest absolute Gasteiger partial charge is 0.490 e. The molecule has 25 heavy (non-hydrogen) atoms. The zero-order chi connectivity index (χ0) is 17.3. The highest BCUT2D eigenvalue weighted by Crippen LogP contribution is 2.23. The van der Waals surface area contributed by atoms with Crippen molar-refractivity contribution in [3.63, 3.8) is 0 Å². The minimum atomic E-state index is 0.391. The molecule has 2 aromatic carbocycles. The van der Waals surface area contributed by atoms with Crippen molar-refractivity contribution in [1.29, 1.82) is 0 Å². The predicted molar refractivity (Wildman–Crippen MR) is 94.7 cm³/mol. The Balaban J connectivity index is 1.44. The Morgan fingerprint density at radius 2 is 1.28 bits per heavy atom. The maximum Gasteiger partial charge on any atom is 0.216 e. The summed E-state index contributed by atoms with van der Waals surface area (Å²) in [6.07, 6.45) is 0. The molecule has 0 radical (unpaired) electrons. The van der Waals surface area contributed by atoms with E-state index < -0.39 is 0 Å². The number of ether oxygens (including phenoxy) is 4. The number of benzene rings is 2. The van der Waals surface area contributed by atoms with Crippen LogP contribution >= 0.6 is 0 Å². The van der Waals surface area contributed by atoms with Crippen LogP contribution in [0.3, 0.4) is 0 Å². The third kappa shape index (κ3) is 5.14. The molecule has 3 aromatic rings. The number of rotatable bonds is 8. The van der Waals surface area contributed by atoms with Gasteiger partial charge in [-0.2, -0.15) is 4.98 Å². The van der Waals surface area contributed by atoms with Crippen molar-refractivity contribution in [3.05, 3.63) is 72.8 Å². The van der Waals surface area contributed by atoms with Gasteiger partial charge in [-0.3, -0.25) is 0 Å². The van der Waals surface area contributed by atoms with E-state index in [-0.39, 0.29) is 0 Å². The average molecular weight is 337 g/mol. The fourth-order valence-corrected chi connectivity index (χ4v) is 2.12. The van der Waals surface area contributed by atoms with Gasteiger partial charge in [-0.05, 0) is 36.4 Å². The predicted octanol–water partition coefficient (Wildman–Crippen LogP) is 4.34. The number of hydrogen-bond acceptors (Lipinski definition) is 5. The first-order valence-electron chi connectivity index (χ1n) is 7.93. The Hall–Kier alpha value is -3.21. The summed E-state index contributed by atoms with van der Waals surface area (Å²) < 4.78 is 22.0. The van der Waals surface area contributed by atoms with Crippen LogP contribution in [0.15, 0.2) is 72.8 Å². The molecule has 0 unspecified atom stereocenters. The molecule has 0 amide bonds. The summed E-state index contributed by atoms with van der Waals surface area (Å²) in [6.45, 7) is 0.806. The van der Waals surface area contributed by atoms with E-state index in [1.165, 1.54) is 0 Å². The van der Waals surface area contributed by atoms with Gasteiger partial charge in [0.1, 0.15) is 30.5 Å². The molecule has 0 atom stereocenters. The minimum Gasteiger partial charge on any atom is -0.490 e. The van der Waals surface area contributed by atoms with Crippen molar-refractivity contribution in [1.82, 2.24) is 4.98 Å². The molecule has 0 aliphatic heterocycles. The molecule has 128 valence electrons. The topological polar surface area (TPSA) is 49.8 Å². The maximum absolute atomic E-state index is 5.74. The van der Waals surface area contributed by atoms with Crippen LogP contribution in [-0.2, 0) is 0 Å². The van der Waals surface area contributed by atoms with E-state index in [0.29, 0.717) is 25.0 Å². The molecule has 0 N–H and O–H groups in total. The van der Waals surface area contributed by atoms with Gasteiger partial charge in [0.05, 0.1) is 7.11 Å². The van der Waals surface area contributed by atoms with Crippen molar-refractivity contribution < 1.29 is 18.9 Å². The third-order valence-electron chi connectivity index (χ3n) is 3.31. The number of nitrogens with zero attached hydrogens (tertiary/aromatic N) is 1. The number of pyridine rings is 1. The molecule has 0 aliphatic rings. The molecule has 1 heterocycles. The molecule has 0 saturated carbocycles. The van der Waals surface area contributed by atoms with Gasteiger partial charge >= 0.3 is 0 Å². The maximum atomic E-state index is 5.74. The van der Waals surface area contributed by atoms with Gasteiger partial charge < -0.3 is 18.9 Å². The molecular formula is C20H19NO4. The number of aromatic nitrogens is 1. The lowest BCUT2D eigenvalue weighted by Gasteiger charge is -2.09. The monoisotopic (exact) mass is 337 g/mol. The van der Waals surface area contributed by atoms with Gasteiger partial charge in [-0.15, -0.1) is 0 Å². The first-order valence-corrected chi connectivity index (χ1v) is 7.93. The van der Waals surface area contributed by atoms with Crippen LogP contribution in [0.2, 0.25) is 0 Å². The SMILES string of the molecule is COc1cccc(OCCOc2ccc(Oc3ccccc3)cc2)n1. The van der Waals surface area contributed by atoms with Crippen molar-refractivity contribution in [3.8, 4) is 29.0 Å². The van der Waals surface area contributed by atoms with Gasteiger partial charge in [0, 0.05) is 12.1 Å². The normalized spacial score (nSPS) is 10.1. The smallest absolute Gasteiger partial charge is 0.216 e. The Morgan fingerprint density at radius 3 is 2.04 bits per heavy atom. The molecular weight excluding hydrogens is 318 g/mol. The highest BCUT2D eigenvalue weighted by atomic mass is 16.5. The van der Waals surface area contributed by atoms with Gasteiger partial charge in [-0.25, -0.2) is 0 Å². The van der Waals surface area contributed by atoms with E-state index in [1.54, 1.807) is 19.2 Å². The van der Waals surface area contributed by atoms with E-state index in [9.17, 15) is 0 Å². The molecule has 5 nitrogen and oxygen atoms in total. The highest BCUT2D eigenvalue weighted by Gasteiger charge is 2.00. The van der Waals surface area contributed by atoms with E-state index in [1.807, 2.05) is 60.7 Å². The summed E-state index contributed by atoms with van der Waals surface area (Å²) >= 11 is 0.